The minimum absolute atomic E-state index is 0.00588. The van der Waals surface area contributed by atoms with Crippen LogP contribution < -0.4 is 5.73 Å². The second-order valence-corrected chi connectivity index (χ2v) is 4.08. The molecule has 15 heavy (non-hydrogen) atoms. The van der Waals surface area contributed by atoms with E-state index in [1.807, 2.05) is 31.0 Å². The van der Waals surface area contributed by atoms with Crippen molar-refractivity contribution in [1.29, 1.82) is 0 Å². The molecule has 2 rings (SSSR count). The fraction of sp³-hybridized carbons (Fsp3) is 0.636. The van der Waals surface area contributed by atoms with Crippen molar-refractivity contribution < 1.29 is 9.25 Å². The highest BCUT2D eigenvalue weighted by Gasteiger charge is 2.30. The summed E-state index contributed by atoms with van der Waals surface area (Å²) >= 11 is 0. The van der Waals surface area contributed by atoms with Crippen LogP contribution in [0.5, 0.6) is 0 Å². The van der Waals surface area contributed by atoms with Crippen LogP contribution in [0.25, 0.3) is 0 Å². The number of nitrogens with two attached hydrogens (primary N) is 1. The Morgan fingerprint density at radius 3 is 2.73 bits per heavy atom. The highest BCUT2D eigenvalue weighted by Crippen LogP contribution is 2.27. The molecule has 1 aromatic rings. The molecule has 2 heterocycles. The summed E-state index contributed by atoms with van der Waals surface area (Å²) in [6.07, 6.45) is 1.06. The van der Waals surface area contributed by atoms with E-state index in [-0.39, 0.29) is 12.1 Å². The lowest BCUT2D eigenvalue weighted by atomic mass is 10.1. The Labute approximate surface area is 89.9 Å². The molecule has 1 aromatic heterocycles. The molecule has 0 amide bonds. The first-order valence-electron chi connectivity index (χ1n) is 5.40. The maximum Gasteiger partial charge on any atom is 0.125 e. The first kappa shape index (κ1) is 10.7. The lowest BCUT2D eigenvalue weighted by Gasteiger charge is -2.27. The largest absolute Gasteiger partial charge is 0.465 e. The maximum absolute atomic E-state index is 5.98. The van der Waals surface area contributed by atoms with Gasteiger partial charge in [-0.05, 0) is 32.4 Å². The molecule has 4 nitrogen and oxygen atoms in total. The first-order valence-corrected chi connectivity index (χ1v) is 5.40. The minimum Gasteiger partial charge on any atom is -0.465 e. The van der Waals surface area contributed by atoms with Crippen LogP contribution in [0.15, 0.2) is 16.5 Å². The SMILES string of the molecule is Cc1ccc(C(C(C)N)N2CCCO2)o1. The fourth-order valence-electron chi connectivity index (χ4n) is 1.96. The molecule has 0 aromatic carbocycles. The zero-order valence-corrected chi connectivity index (χ0v) is 9.27. The number of nitrogens with zero attached hydrogens (tertiary/aromatic N) is 1. The monoisotopic (exact) mass is 210 g/mol. The predicted molar refractivity (Wildman–Crippen MR) is 57.1 cm³/mol. The number of furan rings is 1. The molecular weight excluding hydrogens is 192 g/mol. The summed E-state index contributed by atoms with van der Waals surface area (Å²) < 4.78 is 5.62. The van der Waals surface area contributed by atoms with Crippen molar-refractivity contribution >= 4 is 0 Å². The van der Waals surface area contributed by atoms with Crippen molar-refractivity contribution in [3.8, 4) is 0 Å². The van der Waals surface area contributed by atoms with E-state index in [1.54, 1.807) is 0 Å². The number of rotatable bonds is 3. The van der Waals surface area contributed by atoms with Crippen LogP contribution in [0, 0.1) is 6.92 Å². The molecule has 1 aliphatic heterocycles. The van der Waals surface area contributed by atoms with E-state index in [1.165, 1.54) is 0 Å². The van der Waals surface area contributed by atoms with Crippen LogP contribution in [0.4, 0.5) is 0 Å². The lowest BCUT2D eigenvalue weighted by molar-refractivity contribution is -0.151. The van der Waals surface area contributed by atoms with Gasteiger partial charge in [0.25, 0.3) is 0 Å². The van der Waals surface area contributed by atoms with Gasteiger partial charge < -0.3 is 10.2 Å². The molecule has 0 radical (unpaired) electrons. The second-order valence-electron chi connectivity index (χ2n) is 4.08. The molecule has 0 aliphatic carbocycles. The van der Waals surface area contributed by atoms with Gasteiger partial charge in [0.1, 0.15) is 17.6 Å². The van der Waals surface area contributed by atoms with Crippen molar-refractivity contribution in [2.45, 2.75) is 32.4 Å². The predicted octanol–water partition coefficient (Wildman–Crippen LogP) is 1.61. The summed E-state index contributed by atoms with van der Waals surface area (Å²) in [5.41, 5.74) is 5.98. The molecule has 84 valence electrons. The standard InChI is InChI=1S/C11H18N2O2/c1-8-4-5-10(15-8)11(9(2)12)13-6-3-7-14-13/h4-5,9,11H,3,6-7,12H2,1-2H3. The highest BCUT2D eigenvalue weighted by molar-refractivity contribution is 5.11. The van der Waals surface area contributed by atoms with Gasteiger partial charge in [0, 0.05) is 12.6 Å². The third-order valence-corrected chi connectivity index (χ3v) is 2.64. The lowest BCUT2D eigenvalue weighted by Crippen LogP contribution is -2.37. The van der Waals surface area contributed by atoms with Crippen LogP contribution in [0.1, 0.15) is 30.9 Å². The van der Waals surface area contributed by atoms with E-state index < -0.39 is 0 Å². The average Bonchev–Trinajstić information content (AvgIpc) is 2.77. The van der Waals surface area contributed by atoms with Gasteiger partial charge in [-0.2, -0.15) is 5.06 Å². The molecule has 2 N–H and O–H groups in total. The smallest absolute Gasteiger partial charge is 0.125 e. The molecule has 4 heteroatoms. The van der Waals surface area contributed by atoms with Crippen LogP contribution in [0.2, 0.25) is 0 Å². The van der Waals surface area contributed by atoms with Crippen LogP contribution in [-0.4, -0.2) is 24.3 Å². The van der Waals surface area contributed by atoms with Crippen molar-refractivity contribution in [2.24, 2.45) is 5.73 Å². The first-order chi connectivity index (χ1) is 7.18. The normalized spacial score (nSPS) is 21.8. The van der Waals surface area contributed by atoms with Gasteiger partial charge in [-0.3, -0.25) is 4.84 Å². The molecular formula is C11H18N2O2. The summed E-state index contributed by atoms with van der Waals surface area (Å²) in [5.74, 6) is 1.80. The molecule has 1 saturated heterocycles. The Morgan fingerprint density at radius 2 is 2.27 bits per heavy atom. The van der Waals surface area contributed by atoms with Crippen molar-refractivity contribution in [3.63, 3.8) is 0 Å². The Bertz CT molecular complexity index is 316. The summed E-state index contributed by atoms with van der Waals surface area (Å²) in [5, 5.41) is 1.93. The van der Waals surface area contributed by atoms with Gasteiger partial charge in [0.05, 0.1) is 6.61 Å². The number of hydrogen-bond donors (Lipinski definition) is 1. The van der Waals surface area contributed by atoms with Crippen LogP contribution in [-0.2, 0) is 4.84 Å². The summed E-state index contributed by atoms with van der Waals surface area (Å²) in [6.45, 7) is 5.62. The van der Waals surface area contributed by atoms with E-state index in [2.05, 4.69) is 0 Å². The molecule has 2 unspecified atom stereocenters. The molecule has 1 aliphatic rings. The molecule has 2 atom stereocenters. The van der Waals surface area contributed by atoms with Crippen LogP contribution >= 0.6 is 0 Å². The summed E-state index contributed by atoms with van der Waals surface area (Å²) in [6, 6.07) is 3.96. The Balaban J connectivity index is 2.18. The van der Waals surface area contributed by atoms with Crippen LogP contribution in [0.3, 0.4) is 0 Å². The van der Waals surface area contributed by atoms with E-state index in [0.717, 1.165) is 31.1 Å². The van der Waals surface area contributed by atoms with Crippen molar-refractivity contribution in [1.82, 2.24) is 5.06 Å². The van der Waals surface area contributed by atoms with E-state index in [9.17, 15) is 0 Å². The summed E-state index contributed by atoms with van der Waals surface area (Å²) in [7, 11) is 0. The van der Waals surface area contributed by atoms with Gasteiger partial charge in [-0.1, -0.05) is 0 Å². The third-order valence-electron chi connectivity index (χ3n) is 2.64. The highest BCUT2D eigenvalue weighted by atomic mass is 16.7. The fourth-order valence-corrected chi connectivity index (χ4v) is 1.96. The number of hydroxylamine groups is 2. The third kappa shape index (κ3) is 2.22. The Hall–Kier alpha value is -0.840. The quantitative estimate of drug-likeness (QED) is 0.823. The molecule has 0 saturated carbocycles. The topological polar surface area (TPSA) is 51.6 Å². The second kappa shape index (κ2) is 4.35. The minimum atomic E-state index is -0.00588. The van der Waals surface area contributed by atoms with Gasteiger partial charge in [-0.15, -0.1) is 0 Å². The van der Waals surface area contributed by atoms with E-state index >= 15 is 0 Å². The zero-order chi connectivity index (χ0) is 10.8. The van der Waals surface area contributed by atoms with Gasteiger partial charge in [0.2, 0.25) is 0 Å². The van der Waals surface area contributed by atoms with Gasteiger partial charge >= 0.3 is 0 Å². The maximum atomic E-state index is 5.98. The van der Waals surface area contributed by atoms with E-state index in [4.69, 9.17) is 15.0 Å². The number of aryl methyl sites for hydroxylation is 1. The summed E-state index contributed by atoms with van der Waals surface area (Å²) in [4.78, 5) is 5.53. The van der Waals surface area contributed by atoms with Gasteiger partial charge in [0.15, 0.2) is 0 Å². The van der Waals surface area contributed by atoms with Crippen molar-refractivity contribution in [3.05, 3.63) is 23.7 Å². The molecule has 0 spiro atoms. The zero-order valence-electron chi connectivity index (χ0n) is 9.27. The molecule has 0 bridgehead atoms. The number of hydrogen-bond acceptors (Lipinski definition) is 4. The Morgan fingerprint density at radius 1 is 1.47 bits per heavy atom. The average molecular weight is 210 g/mol. The van der Waals surface area contributed by atoms with Gasteiger partial charge in [-0.25, -0.2) is 0 Å². The molecule has 1 fully saturated rings. The van der Waals surface area contributed by atoms with Crippen molar-refractivity contribution in [2.75, 3.05) is 13.2 Å². The van der Waals surface area contributed by atoms with E-state index in [0.29, 0.717) is 0 Å². The Kier molecular flexibility index (Phi) is 3.09.